The standard InChI is InChI=1S/C70H134O6/c1-4-7-10-13-16-19-22-24-26-27-28-29-30-31-32-33-34-35-36-37-38-39-40-41-42-43-45-46-48-51-54-57-60-63-69(72)75-66-67(65-74-68(71)62-59-56-53-50-21-18-15-12-9-6-3)76-70(73)64-61-58-55-52-49-47-44-25-23-20-17-14-11-8-5-2/h12,15,67H,4-11,13-14,16-66H2,1-3H3/b15-12-. The van der Waals surface area contributed by atoms with Crippen molar-refractivity contribution in [3.05, 3.63) is 12.2 Å². The van der Waals surface area contributed by atoms with E-state index in [-0.39, 0.29) is 31.1 Å². The second-order valence-electron chi connectivity index (χ2n) is 23.8. The normalized spacial score (nSPS) is 12.0. The lowest BCUT2D eigenvalue weighted by molar-refractivity contribution is -0.167. The number of allylic oxidation sites excluding steroid dienone is 2. The number of hydrogen-bond donors (Lipinski definition) is 0. The summed E-state index contributed by atoms with van der Waals surface area (Å²) in [6, 6.07) is 0. The molecule has 0 fully saturated rings. The van der Waals surface area contributed by atoms with Crippen LogP contribution in [0.3, 0.4) is 0 Å². The van der Waals surface area contributed by atoms with Gasteiger partial charge >= 0.3 is 17.9 Å². The van der Waals surface area contributed by atoms with E-state index in [2.05, 4.69) is 32.9 Å². The molecule has 0 bridgehead atoms. The first-order valence-corrected chi connectivity index (χ1v) is 34.7. The number of carbonyl (C=O) groups is 3. The summed E-state index contributed by atoms with van der Waals surface area (Å²) in [5, 5.41) is 0. The smallest absolute Gasteiger partial charge is 0.306 e. The van der Waals surface area contributed by atoms with Gasteiger partial charge in [-0.25, -0.2) is 0 Å². The molecule has 1 unspecified atom stereocenters. The van der Waals surface area contributed by atoms with Crippen molar-refractivity contribution in [2.45, 2.75) is 406 Å². The molecule has 0 amide bonds. The van der Waals surface area contributed by atoms with Crippen molar-refractivity contribution in [1.29, 1.82) is 0 Å². The van der Waals surface area contributed by atoms with Gasteiger partial charge in [0.25, 0.3) is 0 Å². The Kier molecular flexibility index (Phi) is 64.1. The average molecular weight is 1070 g/mol. The molecule has 0 aliphatic carbocycles. The number of carbonyl (C=O) groups excluding carboxylic acids is 3. The molecule has 6 heteroatoms. The largest absolute Gasteiger partial charge is 0.462 e. The van der Waals surface area contributed by atoms with Gasteiger partial charge in [0.2, 0.25) is 0 Å². The van der Waals surface area contributed by atoms with Gasteiger partial charge < -0.3 is 14.2 Å². The molecular weight excluding hydrogens is 937 g/mol. The molecule has 0 radical (unpaired) electrons. The second-order valence-corrected chi connectivity index (χ2v) is 23.8. The summed E-state index contributed by atoms with van der Waals surface area (Å²) < 4.78 is 16.9. The number of unbranched alkanes of at least 4 members (excludes halogenated alkanes) is 52. The molecule has 0 aromatic rings. The van der Waals surface area contributed by atoms with Crippen molar-refractivity contribution in [1.82, 2.24) is 0 Å². The lowest BCUT2D eigenvalue weighted by Gasteiger charge is -2.18. The lowest BCUT2D eigenvalue weighted by Crippen LogP contribution is -2.30. The van der Waals surface area contributed by atoms with Gasteiger partial charge in [-0.3, -0.25) is 14.4 Å². The fourth-order valence-electron chi connectivity index (χ4n) is 10.8. The third kappa shape index (κ3) is 63.0. The average Bonchev–Trinajstić information content (AvgIpc) is 3.42. The first-order chi connectivity index (χ1) is 37.5. The Bertz CT molecular complexity index is 1180. The van der Waals surface area contributed by atoms with E-state index in [0.29, 0.717) is 19.3 Å². The lowest BCUT2D eigenvalue weighted by atomic mass is 10.0. The maximum absolute atomic E-state index is 12.9. The topological polar surface area (TPSA) is 78.9 Å². The van der Waals surface area contributed by atoms with Gasteiger partial charge in [0.1, 0.15) is 13.2 Å². The van der Waals surface area contributed by atoms with E-state index in [9.17, 15) is 14.4 Å². The maximum atomic E-state index is 12.9. The van der Waals surface area contributed by atoms with Crippen molar-refractivity contribution in [3.63, 3.8) is 0 Å². The molecule has 0 N–H and O–H groups in total. The number of esters is 3. The molecule has 0 rings (SSSR count). The molecule has 0 aliphatic rings. The highest BCUT2D eigenvalue weighted by Crippen LogP contribution is 2.19. The predicted molar refractivity (Wildman–Crippen MR) is 330 cm³/mol. The van der Waals surface area contributed by atoms with Gasteiger partial charge in [-0.15, -0.1) is 0 Å². The fraction of sp³-hybridized carbons (Fsp3) is 0.929. The summed E-state index contributed by atoms with van der Waals surface area (Å²) in [5.41, 5.74) is 0. The zero-order valence-corrected chi connectivity index (χ0v) is 51.8. The Morgan fingerprint density at radius 3 is 0.711 bits per heavy atom. The minimum absolute atomic E-state index is 0.0664. The van der Waals surface area contributed by atoms with Crippen molar-refractivity contribution in [2.75, 3.05) is 13.2 Å². The Balaban J connectivity index is 3.98. The van der Waals surface area contributed by atoms with Gasteiger partial charge in [0, 0.05) is 19.3 Å². The molecule has 0 saturated carbocycles. The number of hydrogen-bond acceptors (Lipinski definition) is 6. The van der Waals surface area contributed by atoms with Gasteiger partial charge in [0.15, 0.2) is 6.10 Å². The molecule has 76 heavy (non-hydrogen) atoms. The zero-order valence-electron chi connectivity index (χ0n) is 51.8. The summed E-state index contributed by atoms with van der Waals surface area (Å²) >= 11 is 0. The molecule has 0 aliphatic heterocycles. The Hall–Kier alpha value is -1.85. The van der Waals surface area contributed by atoms with E-state index in [0.717, 1.165) is 70.6 Å². The van der Waals surface area contributed by atoms with Crippen LogP contribution in [0.1, 0.15) is 400 Å². The molecular formula is C70H134O6. The van der Waals surface area contributed by atoms with Gasteiger partial charge in [-0.2, -0.15) is 0 Å². The van der Waals surface area contributed by atoms with E-state index >= 15 is 0 Å². The van der Waals surface area contributed by atoms with E-state index in [1.54, 1.807) is 0 Å². The van der Waals surface area contributed by atoms with E-state index in [1.165, 1.54) is 289 Å². The van der Waals surface area contributed by atoms with E-state index in [4.69, 9.17) is 14.2 Å². The molecule has 0 aromatic carbocycles. The van der Waals surface area contributed by atoms with Gasteiger partial charge in [0.05, 0.1) is 0 Å². The molecule has 450 valence electrons. The van der Waals surface area contributed by atoms with Crippen molar-refractivity contribution < 1.29 is 28.6 Å². The highest BCUT2D eigenvalue weighted by Gasteiger charge is 2.19. The summed E-state index contributed by atoms with van der Waals surface area (Å²) in [6.07, 6.45) is 78.4. The molecule has 6 nitrogen and oxygen atoms in total. The van der Waals surface area contributed by atoms with Crippen LogP contribution in [-0.2, 0) is 28.6 Å². The van der Waals surface area contributed by atoms with E-state index < -0.39 is 6.10 Å². The summed E-state index contributed by atoms with van der Waals surface area (Å²) in [5.74, 6) is -0.849. The third-order valence-corrected chi connectivity index (χ3v) is 16.0. The Labute approximate surface area is 475 Å². The van der Waals surface area contributed by atoms with Crippen LogP contribution in [0.5, 0.6) is 0 Å². The Morgan fingerprint density at radius 1 is 0.250 bits per heavy atom. The molecule has 0 saturated heterocycles. The Morgan fingerprint density at radius 2 is 0.461 bits per heavy atom. The van der Waals surface area contributed by atoms with Crippen LogP contribution in [0.2, 0.25) is 0 Å². The molecule has 0 aromatic heterocycles. The summed E-state index contributed by atoms with van der Waals surface area (Å²) in [4.78, 5) is 38.2. The predicted octanol–water partition coefficient (Wildman–Crippen LogP) is 23.6. The minimum atomic E-state index is -0.768. The maximum Gasteiger partial charge on any atom is 0.306 e. The summed E-state index contributed by atoms with van der Waals surface area (Å²) in [6.45, 7) is 6.65. The van der Waals surface area contributed by atoms with Crippen LogP contribution >= 0.6 is 0 Å². The second kappa shape index (κ2) is 65.7. The van der Waals surface area contributed by atoms with Gasteiger partial charge in [-0.1, -0.05) is 354 Å². The first kappa shape index (κ1) is 74.2. The SMILES string of the molecule is CCC/C=C\CCCCCCCC(=O)OCC(COC(=O)CCCCCCCCCCCCCCCCCCCCCCCCCCCCCCCCCCC)OC(=O)CCCCCCCCCCCCCCCCC. The number of ether oxygens (including phenoxy) is 3. The molecule has 1 atom stereocenters. The van der Waals surface area contributed by atoms with Crippen LogP contribution in [0.15, 0.2) is 12.2 Å². The van der Waals surface area contributed by atoms with Crippen LogP contribution in [0.4, 0.5) is 0 Å². The third-order valence-electron chi connectivity index (χ3n) is 16.0. The van der Waals surface area contributed by atoms with Crippen LogP contribution in [0, 0.1) is 0 Å². The monoisotopic (exact) mass is 1070 g/mol. The van der Waals surface area contributed by atoms with Crippen LogP contribution in [0.25, 0.3) is 0 Å². The molecule has 0 heterocycles. The van der Waals surface area contributed by atoms with Crippen molar-refractivity contribution in [2.24, 2.45) is 0 Å². The molecule has 0 spiro atoms. The van der Waals surface area contributed by atoms with Crippen molar-refractivity contribution in [3.8, 4) is 0 Å². The van der Waals surface area contributed by atoms with Gasteiger partial charge in [-0.05, 0) is 38.5 Å². The van der Waals surface area contributed by atoms with Crippen LogP contribution < -0.4 is 0 Å². The first-order valence-electron chi connectivity index (χ1n) is 34.7. The zero-order chi connectivity index (χ0) is 55.0. The minimum Gasteiger partial charge on any atom is -0.462 e. The van der Waals surface area contributed by atoms with E-state index in [1.807, 2.05) is 0 Å². The van der Waals surface area contributed by atoms with Crippen LogP contribution in [-0.4, -0.2) is 37.2 Å². The fourth-order valence-corrected chi connectivity index (χ4v) is 10.8. The highest BCUT2D eigenvalue weighted by molar-refractivity contribution is 5.71. The quantitative estimate of drug-likeness (QED) is 0.0261. The number of rotatable bonds is 65. The highest BCUT2D eigenvalue weighted by atomic mass is 16.6. The van der Waals surface area contributed by atoms with Crippen molar-refractivity contribution >= 4 is 17.9 Å². The summed E-state index contributed by atoms with van der Waals surface area (Å²) in [7, 11) is 0.